The number of likely N-dealkylation sites (tertiary alicyclic amines) is 1. The number of hydrogen-bond acceptors (Lipinski definition) is 4. The molecule has 1 aliphatic heterocycles. The van der Waals surface area contributed by atoms with Gasteiger partial charge in [-0.05, 0) is 37.1 Å². The third-order valence-electron chi connectivity index (χ3n) is 5.10. The Bertz CT molecular complexity index is 842. The summed E-state index contributed by atoms with van der Waals surface area (Å²) in [7, 11) is 1.75. The van der Waals surface area contributed by atoms with E-state index in [1.807, 2.05) is 6.20 Å². The van der Waals surface area contributed by atoms with E-state index in [-0.39, 0.29) is 42.0 Å². The summed E-state index contributed by atoms with van der Waals surface area (Å²) in [5.41, 5.74) is 7.66. The maximum atomic E-state index is 13.1. The van der Waals surface area contributed by atoms with Crippen LogP contribution in [0.3, 0.4) is 0 Å². The van der Waals surface area contributed by atoms with Gasteiger partial charge in [-0.2, -0.15) is 5.10 Å². The smallest absolute Gasteiger partial charge is 0.227 e. The quantitative estimate of drug-likeness (QED) is 0.814. The lowest BCUT2D eigenvalue weighted by molar-refractivity contribution is -0.137. The van der Waals surface area contributed by atoms with Crippen molar-refractivity contribution in [3.8, 4) is 5.69 Å². The molecule has 7 nitrogen and oxygen atoms in total. The third kappa shape index (κ3) is 5.77. The zero-order valence-electron chi connectivity index (χ0n) is 16.6. The summed E-state index contributed by atoms with van der Waals surface area (Å²) < 4.78 is 14.7. The van der Waals surface area contributed by atoms with Crippen molar-refractivity contribution in [2.24, 2.45) is 11.7 Å². The predicted molar refractivity (Wildman–Crippen MR) is 110 cm³/mol. The first-order valence-corrected chi connectivity index (χ1v) is 9.39. The molecular formula is C20H27ClFN5O2. The molecule has 0 radical (unpaired) electrons. The van der Waals surface area contributed by atoms with Gasteiger partial charge in [0.1, 0.15) is 5.82 Å². The summed E-state index contributed by atoms with van der Waals surface area (Å²) in [5, 5.41) is 4.29. The van der Waals surface area contributed by atoms with E-state index in [1.165, 1.54) is 19.1 Å². The highest BCUT2D eigenvalue weighted by Crippen LogP contribution is 2.19. The van der Waals surface area contributed by atoms with Crippen LogP contribution in [0.1, 0.15) is 25.3 Å². The normalized spacial score (nSPS) is 19.2. The van der Waals surface area contributed by atoms with Gasteiger partial charge in [-0.15, -0.1) is 12.4 Å². The Morgan fingerprint density at radius 1 is 1.24 bits per heavy atom. The van der Waals surface area contributed by atoms with E-state index in [1.54, 1.807) is 39.9 Å². The van der Waals surface area contributed by atoms with Gasteiger partial charge in [0.05, 0.1) is 17.8 Å². The minimum Gasteiger partial charge on any atom is -0.341 e. The molecular weight excluding hydrogens is 397 g/mol. The van der Waals surface area contributed by atoms with Crippen molar-refractivity contribution >= 4 is 24.2 Å². The largest absolute Gasteiger partial charge is 0.341 e. The topological polar surface area (TPSA) is 84.5 Å². The highest BCUT2D eigenvalue weighted by atomic mass is 35.5. The lowest BCUT2D eigenvalue weighted by Gasteiger charge is -2.26. The van der Waals surface area contributed by atoms with Gasteiger partial charge < -0.3 is 15.5 Å². The third-order valence-corrected chi connectivity index (χ3v) is 5.10. The van der Waals surface area contributed by atoms with Gasteiger partial charge in [0.25, 0.3) is 0 Å². The van der Waals surface area contributed by atoms with Gasteiger partial charge in [-0.25, -0.2) is 9.07 Å². The van der Waals surface area contributed by atoms with Crippen molar-refractivity contribution < 1.29 is 14.0 Å². The second kappa shape index (κ2) is 9.84. The van der Waals surface area contributed by atoms with Gasteiger partial charge in [-0.1, -0.05) is 0 Å². The first-order valence-electron chi connectivity index (χ1n) is 9.39. The molecule has 158 valence electrons. The molecule has 1 aliphatic rings. The summed E-state index contributed by atoms with van der Waals surface area (Å²) in [6, 6.07) is 5.95. The van der Waals surface area contributed by atoms with Crippen LogP contribution in [0.5, 0.6) is 0 Å². The van der Waals surface area contributed by atoms with Crippen LogP contribution in [0.2, 0.25) is 0 Å². The number of nitrogens with zero attached hydrogens (tertiary/aromatic N) is 4. The first-order chi connectivity index (χ1) is 13.3. The average molecular weight is 424 g/mol. The Labute approximate surface area is 176 Å². The van der Waals surface area contributed by atoms with Crippen LogP contribution in [0, 0.1) is 11.7 Å². The van der Waals surface area contributed by atoms with E-state index in [0.29, 0.717) is 26.1 Å². The molecule has 2 atom stereocenters. The Kier molecular flexibility index (Phi) is 7.75. The molecule has 0 aliphatic carbocycles. The molecule has 1 fully saturated rings. The molecule has 2 N–H and O–H groups in total. The lowest BCUT2D eigenvalue weighted by Crippen LogP contribution is -2.42. The van der Waals surface area contributed by atoms with Crippen molar-refractivity contribution in [2.45, 2.75) is 32.4 Å². The number of nitrogens with two attached hydrogens (primary N) is 1. The number of carbonyl (C=O) groups is 2. The van der Waals surface area contributed by atoms with Gasteiger partial charge in [0.2, 0.25) is 11.8 Å². The Morgan fingerprint density at radius 2 is 1.93 bits per heavy atom. The maximum absolute atomic E-state index is 13.1. The van der Waals surface area contributed by atoms with Crippen molar-refractivity contribution in [1.29, 1.82) is 0 Å². The zero-order chi connectivity index (χ0) is 20.3. The summed E-state index contributed by atoms with van der Waals surface area (Å²) >= 11 is 0. The van der Waals surface area contributed by atoms with Crippen molar-refractivity contribution in [1.82, 2.24) is 19.6 Å². The predicted octanol–water partition coefficient (Wildman–Crippen LogP) is 1.98. The van der Waals surface area contributed by atoms with Crippen LogP contribution in [0.4, 0.5) is 4.39 Å². The fraction of sp³-hybridized carbons (Fsp3) is 0.450. The van der Waals surface area contributed by atoms with Gasteiger partial charge in [0, 0.05) is 51.4 Å². The standard InChI is InChI=1S/C20H26FN5O2.ClH/c1-14(27)25-12-16(3-6-18(22)13-25)20(28)24(2)10-15-9-23-26(11-15)19-7-4-17(21)5-8-19;/h4-5,7-9,11,16,18H,3,6,10,12-13,22H2,1-2H3;1H/t16-,18+;/m1./s1. The zero-order valence-corrected chi connectivity index (χ0v) is 17.4. The Morgan fingerprint density at radius 3 is 2.59 bits per heavy atom. The van der Waals surface area contributed by atoms with E-state index in [0.717, 1.165) is 17.7 Å². The second-order valence-electron chi connectivity index (χ2n) is 7.42. The van der Waals surface area contributed by atoms with Gasteiger partial charge >= 0.3 is 0 Å². The highest BCUT2D eigenvalue weighted by Gasteiger charge is 2.30. The number of benzene rings is 1. The average Bonchev–Trinajstić information content (AvgIpc) is 3.02. The Balaban J connectivity index is 0.00000300. The molecule has 1 aromatic carbocycles. The number of aromatic nitrogens is 2. The molecule has 1 saturated heterocycles. The summed E-state index contributed by atoms with van der Waals surface area (Å²) in [4.78, 5) is 28.0. The molecule has 0 unspecified atom stereocenters. The number of hydrogen-bond donors (Lipinski definition) is 1. The molecule has 0 bridgehead atoms. The van der Waals surface area contributed by atoms with Crippen molar-refractivity contribution in [3.05, 3.63) is 48.0 Å². The SMILES string of the molecule is CC(=O)N1C[C@@H](N)CC[C@@H](C(=O)N(C)Cc2cnn(-c3ccc(F)cc3)c2)C1.Cl. The van der Waals surface area contributed by atoms with E-state index in [2.05, 4.69) is 5.10 Å². The van der Waals surface area contributed by atoms with Crippen LogP contribution in [-0.4, -0.2) is 57.6 Å². The monoisotopic (exact) mass is 423 g/mol. The van der Waals surface area contributed by atoms with Gasteiger partial charge in [0.15, 0.2) is 0 Å². The van der Waals surface area contributed by atoms with Crippen molar-refractivity contribution in [3.63, 3.8) is 0 Å². The van der Waals surface area contributed by atoms with E-state index in [4.69, 9.17) is 5.73 Å². The molecule has 9 heteroatoms. The first kappa shape index (κ1) is 22.8. The summed E-state index contributed by atoms with van der Waals surface area (Å²) in [5.74, 6) is -0.618. The number of carbonyl (C=O) groups excluding carboxylic acids is 2. The molecule has 3 rings (SSSR count). The van der Waals surface area contributed by atoms with E-state index >= 15 is 0 Å². The van der Waals surface area contributed by atoms with Crippen LogP contribution in [0.25, 0.3) is 5.69 Å². The fourth-order valence-corrected chi connectivity index (χ4v) is 3.52. The minimum absolute atomic E-state index is 0. The molecule has 2 heterocycles. The van der Waals surface area contributed by atoms with Crippen LogP contribution in [0.15, 0.2) is 36.7 Å². The second-order valence-corrected chi connectivity index (χ2v) is 7.42. The molecule has 2 aromatic rings. The Hall–Kier alpha value is -2.45. The maximum Gasteiger partial charge on any atom is 0.227 e. The molecule has 0 saturated carbocycles. The lowest BCUT2D eigenvalue weighted by atomic mass is 10.0. The minimum atomic E-state index is -0.302. The molecule has 2 amide bonds. The van der Waals surface area contributed by atoms with Crippen molar-refractivity contribution in [2.75, 3.05) is 20.1 Å². The number of rotatable bonds is 4. The fourth-order valence-electron chi connectivity index (χ4n) is 3.52. The number of amides is 2. The van der Waals surface area contributed by atoms with E-state index in [9.17, 15) is 14.0 Å². The van der Waals surface area contributed by atoms with Crippen LogP contribution in [-0.2, 0) is 16.1 Å². The molecule has 1 aromatic heterocycles. The highest BCUT2D eigenvalue weighted by molar-refractivity contribution is 5.85. The van der Waals surface area contributed by atoms with E-state index < -0.39 is 0 Å². The van der Waals surface area contributed by atoms with Crippen LogP contribution < -0.4 is 5.73 Å². The molecule has 0 spiro atoms. The van der Waals surface area contributed by atoms with Crippen LogP contribution >= 0.6 is 12.4 Å². The molecule has 29 heavy (non-hydrogen) atoms. The van der Waals surface area contributed by atoms with Gasteiger partial charge in [-0.3, -0.25) is 9.59 Å². The number of halogens is 2. The summed E-state index contributed by atoms with van der Waals surface area (Å²) in [6.45, 7) is 2.81. The summed E-state index contributed by atoms with van der Waals surface area (Å²) in [6.07, 6.45) is 4.90.